The van der Waals surface area contributed by atoms with E-state index in [-0.39, 0.29) is 5.54 Å². The van der Waals surface area contributed by atoms with E-state index >= 15 is 0 Å². The van der Waals surface area contributed by atoms with Gasteiger partial charge in [0.2, 0.25) is 0 Å². The molecule has 3 heterocycles. The molecule has 0 aliphatic heterocycles. The molecule has 0 radical (unpaired) electrons. The molecule has 2 N–H and O–H groups in total. The van der Waals surface area contributed by atoms with Crippen molar-refractivity contribution in [3.63, 3.8) is 0 Å². The van der Waals surface area contributed by atoms with Crippen LogP contribution in [0.25, 0.3) is 39.1 Å². The first-order valence-electron chi connectivity index (χ1n) is 11.3. The van der Waals surface area contributed by atoms with Crippen LogP contribution in [-0.2, 0) is 12.0 Å². The molecule has 5 aromatic rings. The molecule has 32 heavy (non-hydrogen) atoms. The molecule has 0 atom stereocenters. The molecule has 0 bridgehead atoms. The highest BCUT2D eigenvalue weighted by atomic mass is 15.2. The molecule has 2 aromatic carbocycles. The Morgan fingerprint density at radius 1 is 0.906 bits per heavy atom. The van der Waals surface area contributed by atoms with Crippen molar-refractivity contribution in [2.24, 2.45) is 5.73 Å². The molecular weight excluding hydrogens is 394 g/mol. The first kappa shape index (κ1) is 19.1. The number of benzene rings is 2. The van der Waals surface area contributed by atoms with Gasteiger partial charge in [0.15, 0.2) is 5.65 Å². The zero-order chi connectivity index (χ0) is 21.7. The smallest absolute Gasteiger partial charge is 0.161 e. The molecule has 1 saturated carbocycles. The van der Waals surface area contributed by atoms with Crippen molar-refractivity contribution in [3.05, 3.63) is 84.2 Å². The summed E-state index contributed by atoms with van der Waals surface area (Å²) in [5, 5.41) is 8.71. The number of aryl methyl sites for hydroxylation is 1. The summed E-state index contributed by atoms with van der Waals surface area (Å²) in [4.78, 5) is 5.15. The van der Waals surface area contributed by atoms with Gasteiger partial charge in [0.25, 0.3) is 0 Å². The third-order valence-electron chi connectivity index (χ3n) is 6.80. The van der Waals surface area contributed by atoms with Crippen LogP contribution >= 0.6 is 0 Å². The second-order valence-corrected chi connectivity index (χ2v) is 8.74. The van der Waals surface area contributed by atoms with Gasteiger partial charge in [-0.1, -0.05) is 61.5 Å². The van der Waals surface area contributed by atoms with Gasteiger partial charge in [0.1, 0.15) is 5.82 Å². The quantitative estimate of drug-likeness (QED) is 0.417. The fourth-order valence-electron chi connectivity index (χ4n) is 4.77. The van der Waals surface area contributed by atoms with Crippen LogP contribution in [0.4, 0.5) is 0 Å². The average molecular weight is 420 g/mol. The number of aromatic nitrogens is 4. The minimum atomic E-state index is -0.159. The van der Waals surface area contributed by atoms with E-state index in [2.05, 4.69) is 76.1 Å². The Hall–Kier alpha value is -3.57. The van der Waals surface area contributed by atoms with E-state index in [1.165, 1.54) is 12.0 Å². The minimum absolute atomic E-state index is 0.159. The lowest BCUT2D eigenvalue weighted by Crippen LogP contribution is -2.43. The zero-order valence-electron chi connectivity index (χ0n) is 18.1. The topological polar surface area (TPSA) is 69.1 Å². The fourth-order valence-corrected chi connectivity index (χ4v) is 4.77. The van der Waals surface area contributed by atoms with E-state index in [0.717, 1.165) is 64.2 Å². The molecule has 1 fully saturated rings. The third kappa shape index (κ3) is 2.93. The van der Waals surface area contributed by atoms with Crippen molar-refractivity contribution >= 4 is 16.7 Å². The van der Waals surface area contributed by atoms with Crippen LogP contribution in [0.3, 0.4) is 0 Å². The lowest BCUT2D eigenvalue weighted by Gasteiger charge is -2.38. The van der Waals surface area contributed by atoms with Gasteiger partial charge < -0.3 is 5.73 Å². The predicted octanol–water partition coefficient (Wildman–Crippen LogP) is 5.51. The number of nitrogens with zero attached hydrogens (tertiary/aromatic N) is 4. The van der Waals surface area contributed by atoms with Gasteiger partial charge >= 0.3 is 0 Å². The summed E-state index contributed by atoms with van der Waals surface area (Å²) < 4.78 is 2.12. The lowest BCUT2D eigenvalue weighted by molar-refractivity contribution is 0.253. The summed E-state index contributed by atoms with van der Waals surface area (Å²) in [6.45, 7) is 2.10. The summed E-state index contributed by atoms with van der Waals surface area (Å²) in [5.74, 6) is 0.942. The predicted molar refractivity (Wildman–Crippen MR) is 128 cm³/mol. The van der Waals surface area contributed by atoms with Crippen LogP contribution in [0.15, 0.2) is 72.8 Å². The van der Waals surface area contributed by atoms with Crippen LogP contribution in [0.2, 0.25) is 0 Å². The highest BCUT2D eigenvalue weighted by Crippen LogP contribution is 2.40. The van der Waals surface area contributed by atoms with E-state index in [1.807, 2.05) is 18.2 Å². The Kier molecular flexibility index (Phi) is 4.33. The molecule has 0 amide bonds. The van der Waals surface area contributed by atoms with Gasteiger partial charge in [0, 0.05) is 23.1 Å². The molecule has 5 heteroatoms. The van der Waals surface area contributed by atoms with Crippen molar-refractivity contribution in [3.8, 4) is 22.4 Å². The summed E-state index contributed by atoms with van der Waals surface area (Å²) in [7, 11) is 0. The zero-order valence-corrected chi connectivity index (χ0v) is 18.1. The van der Waals surface area contributed by atoms with Crippen LogP contribution in [0.1, 0.15) is 37.6 Å². The van der Waals surface area contributed by atoms with E-state index in [4.69, 9.17) is 10.7 Å². The van der Waals surface area contributed by atoms with Crippen LogP contribution < -0.4 is 5.73 Å². The maximum atomic E-state index is 6.55. The van der Waals surface area contributed by atoms with Crippen molar-refractivity contribution in [1.82, 2.24) is 19.6 Å². The van der Waals surface area contributed by atoms with E-state index < -0.39 is 0 Å². The fraction of sp³-hybridized carbons (Fsp3) is 0.222. The van der Waals surface area contributed by atoms with E-state index in [9.17, 15) is 0 Å². The highest BCUT2D eigenvalue weighted by molar-refractivity contribution is 5.91. The molecule has 5 nitrogen and oxygen atoms in total. The van der Waals surface area contributed by atoms with Crippen molar-refractivity contribution in [2.45, 2.75) is 38.1 Å². The first-order valence-corrected chi connectivity index (χ1v) is 11.3. The van der Waals surface area contributed by atoms with Gasteiger partial charge in [-0.2, -0.15) is 0 Å². The average Bonchev–Trinajstić information content (AvgIpc) is 3.26. The van der Waals surface area contributed by atoms with Gasteiger partial charge in [0.05, 0.1) is 16.7 Å². The first-order chi connectivity index (χ1) is 15.7. The Morgan fingerprint density at radius 3 is 2.38 bits per heavy atom. The van der Waals surface area contributed by atoms with Crippen LogP contribution in [0.5, 0.6) is 0 Å². The van der Waals surface area contributed by atoms with Gasteiger partial charge in [-0.05, 0) is 48.6 Å². The summed E-state index contributed by atoms with van der Waals surface area (Å²) in [5.41, 5.74) is 14.7. The number of hydrogen-bond acceptors (Lipinski definition) is 4. The van der Waals surface area contributed by atoms with E-state index in [0.29, 0.717) is 0 Å². The van der Waals surface area contributed by atoms with Crippen molar-refractivity contribution < 1.29 is 0 Å². The summed E-state index contributed by atoms with van der Waals surface area (Å²) in [6.07, 6.45) is 4.14. The standard InChI is InChI=1S/C27H25N5/c1-2-24-30-31-25-14-13-22-23(32(24)25)17-21(18-7-4-3-5-8-18)26(29-22)19-9-11-20(12-10-19)27(28)15-6-16-27/h3-5,7-14,17H,2,6,15-16,28H2,1H3. The van der Waals surface area contributed by atoms with Crippen molar-refractivity contribution in [1.29, 1.82) is 0 Å². The largest absolute Gasteiger partial charge is 0.321 e. The van der Waals surface area contributed by atoms with Crippen LogP contribution in [-0.4, -0.2) is 19.6 Å². The molecule has 6 rings (SSSR count). The third-order valence-corrected chi connectivity index (χ3v) is 6.80. The molecule has 0 spiro atoms. The van der Waals surface area contributed by atoms with Crippen LogP contribution in [0, 0.1) is 0 Å². The molecule has 1 aliphatic carbocycles. The Labute approximate surface area is 186 Å². The number of rotatable bonds is 4. The normalized spacial score (nSPS) is 15.2. The Bertz CT molecular complexity index is 1430. The Morgan fingerprint density at radius 2 is 1.69 bits per heavy atom. The molecular formula is C27H25N5. The molecule has 158 valence electrons. The van der Waals surface area contributed by atoms with Crippen molar-refractivity contribution in [2.75, 3.05) is 0 Å². The maximum absolute atomic E-state index is 6.55. The molecule has 0 saturated heterocycles. The summed E-state index contributed by atoms with van der Waals surface area (Å²) >= 11 is 0. The highest BCUT2D eigenvalue weighted by Gasteiger charge is 2.34. The van der Waals surface area contributed by atoms with Gasteiger partial charge in [-0.3, -0.25) is 4.40 Å². The Balaban J connectivity index is 1.59. The minimum Gasteiger partial charge on any atom is -0.321 e. The lowest BCUT2D eigenvalue weighted by atomic mass is 9.72. The number of fused-ring (bicyclic) bond motifs is 3. The summed E-state index contributed by atoms with van der Waals surface area (Å²) in [6, 6.07) is 25.4. The number of pyridine rings is 2. The molecule has 1 aliphatic rings. The van der Waals surface area contributed by atoms with Gasteiger partial charge in [-0.15, -0.1) is 10.2 Å². The second-order valence-electron chi connectivity index (χ2n) is 8.74. The SMILES string of the molecule is CCc1nnc2ccc3nc(-c4ccc(C5(N)CCC5)cc4)c(-c4ccccc4)cc3n12. The molecule has 0 unspecified atom stereocenters. The van der Waals surface area contributed by atoms with E-state index in [1.54, 1.807) is 0 Å². The monoisotopic (exact) mass is 419 g/mol. The second kappa shape index (κ2) is 7.24. The number of nitrogens with two attached hydrogens (primary N) is 1. The van der Waals surface area contributed by atoms with Gasteiger partial charge in [-0.25, -0.2) is 4.98 Å². The maximum Gasteiger partial charge on any atom is 0.161 e. The molecule has 3 aromatic heterocycles. The number of hydrogen-bond donors (Lipinski definition) is 1.